The summed E-state index contributed by atoms with van der Waals surface area (Å²) in [5.41, 5.74) is 1.90. The molecule has 9 heteroatoms. The number of para-hydroxylation sites is 1. The fourth-order valence-electron chi connectivity index (χ4n) is 4.64. The van der Waals surface area contributed by atoms with Gasteiger partial charge in [0.25, 0.3) is 5.91 Å². The summed E-state index contributed by atoms with van der Waals surface area (Å²) in [5, 5.41) is 10.7. The molecule has 2 aliphatic rings. The second-order valence-electron chi connectivity index (χ2n) is 10.5. The average Bonchev–Trinajstić information content (AvgIpc) is 3.63. The van der Waals surface area contributed by atoms with Gasteiger partial charge in [0.05, 0.1) is 24.2 Å². The number of morpholine rings is 1. The highest BCUT2D eigenvalue weighted by Gasteiger charge is 2.39. The summed E-state index contributed by atoms with van der Waals surface area (Å²) in [6.07, 6.45) is 3.62. The molecule has 1 aromatic carbocycles. The molecule has 194 valence electrons. The molecule has 0 N–H and O–H groups in total. The number of nitriles is 1. The number of carbonyl (C=O) groups is 2. The maximum absolute atomic E-state index is 13.7. The number of aryl methyl sites for hydroxylation is 1. The van der Waals surface area contributed by atoms with Gasteiger partial charge in [-0.15, -0.1) is 0 Å². The van der Waals surface area contributed by atoms with E-state index in [1.807, 2.05) is 43.9 Å². The molecule has 0 spiro atoms. The van der Waals surface area contributed by atoms with Crippen LogP contribution in [0.1, 0.15) is 51.2 Å². The Balaban J connectivity index is 1.55. The third-order valence-electron chi connectivity index (χ3n) is 6.45. The van der Waals surface area contributed by atoms with Crippen LogP contribution in [0, 0.1) is 11.3 Å². The summed E-state index contributed by atoms with van der Waals surface area (Å²) in [5.74, 6) is -0.109. The lowest BCUT2D eigenvalue weighted by molar-refractivity contribution is -0.150. The quantitative estimate of drug-likeness (QED) is 0.517. The van der Waals surface area contributed by atoms with Crippen LogP contribution in [-0.2, 0) is 32.1 Å². The van der Waals surface area contributed by atoms with Gasteiger partial charge < -0.3 is 28.6 Å². The second-order valence-corrected chi connectivity index (χ2v) is 10.5. The van der Waals surface area contributed by atoms with Gasteiger partial charge in [0.1, 0.15) is 11.7 Å². The molecule has 2 heterocycles. The van der Waals surface area contributed by atoms with Gasteiger partial charge in [-0.25, -0.2) is 4.79 Å². The van der Waals surface area contributed by atoms with E-state index in [1.54, 1.807) is 12.0 Å². The van der Waals surface area contributed by atoms with E-state index in [2.05, 4.69) is 16.8 Å². The smallest absolute Gasteiger partial charge is 0.410 e. The molecular weight excluding hydrogens is 460 g/mol. The third kappa shape index (κ3) is 6.00. The fourth-order valence-corrected chi connectivity index (χ4v) is 4.64. The third-order valence-corrected chi connectivity index (χ3v) is 6.45. The minimum Gasteiger partial charge on any atom is -0.444 e. The molecule has 0 radical (unpaired) electrons. The number of methoxy groups -OCH3 is 1. The van der Waals surface area contributed by atoms with Gasteiger partial charge in [-0.05, 0) is 51.7 Å². The van der Waals surface area contributed by atoms with E-state index in [0.29, 0.717) is 31.9 Å². The SMILES string of the molecule is COCCCn1cc(CN(C(=O)[C@H]2CN(C(=O)OC(C)(C)C)CCO2)C2CC2)c2cccc(C#N)c21. The topological polar surface area (TPSA) is 97.0 Å². The van der Waals surface area contributed by atoms with Crippen LogP contribution in [0.5, 0.6) is 0 Å². The second kappa shape index (κ2) is 10.9. The zero-order valence-corrected chi connectivity index (χ0v) is 21.7. The number of amides is 2. The predicted molar refractivity (Wildman–Crippen MR) is 134 cm³/mol. The van der Waals surface area contributed by atoms with E-state index in [4.69, 9.17) is 14.2 Å². The number of aromatic nitrogens is 1. The van der Waals surface area contributed by atoms with Crippen LogP contribution >= 0.6 is 0 Å². The van der Waals surface area contributed by atoms with Crippen LogP contribution in [0.15, 0.2) is 24.4 Å². The zero-order valence-electron chi connectivity index (χ0n) is 21.7. The Labute approximate surface area is 212 Å². The zero-order chi connectivity index (χ0) is 25.9. The monoisotopic (exact) mass is 496 g/mol. The predicted octanol–water partition coefficient (Wildman–Crippen LogP) is 3.68. The maximum Gasteiger partial charge on any atom is 0.410 e. The number of ether oxygens (including phenoxy) is 3. The summed E-state index contributed by atoms with van der Waals surface area (Å²) in [4.78, 5) is 29.7. The largest absolute Gasteiger partial charge is 0.444 e. The molecule has 9 nitrogen and oxygen atoms in total. The van der Waals surface area contributed by atoms with Crippen LogP contribution in [0.3, 0.4) is 0 Å². The maximum atomic E-state index is 13.7. The molecule has 4 rings (SSSR count). The molecule has 1 saturated heterocycles. The summed E-state index contributed by atoms with van der Waals surface area (Å²) in [6, 6.07) is 8.18. The standard InChI is InChI=1S/C27H36N4O5/c1-27(2,3)36-26(33)30-12-14-35-23(18-30)25(32)31(21-9-10-21)17-20-16-29(11-6-13-34-4)24-19(15-28)7-5-8-22(20)24/h5,7-8,16,21,23H,6,9-14,17-18H2,1-4H3/t23-/m1/s1. The van der Waals surface area contributed by atoms with Crippen molar-refractivity contribution in [3.8, 4) is 6.07 Å². The number of carbonyl (C=O) groups excluding carboxylic acids is 2. The van der Waals surface area contributed by atoms with Gasteiger partial charge >= 0.3 is 6.09 Å². The highest BCUT2D eigenvalue weighted by Crippen LogP contribution is 2.33. The number of nitrogens with zero attached hydrogens (tertiary/aromatic N) is 4. The summed E-state index contributed by atoms with van der Waals surface area (Å²) >= 11 is 0. The van der Waals surface area contributed by atoms with Crippen molar-refractivity contribution in [1.29, 1.82) is 5.26 Å². The van der Waals surface area contributed by atoms with E-state index in [1.165, 1.54) is 0 Å². The van der Waals surface area contributed by atoms with Gasteiger partial charge in [0.2, 0.25) is 0 Å². The van der Waals surface area contributed by atoms with Crippen molar-refractivity contribution < 1.29 is 23.8 Å². The normalized spacial score (nSPS) is 18.2. The van der Waals surface area contributed by atoms with Crippen LogP contribution < -0.4 is 0 Å². The van der Waals surface area contributed by atoms with Crippen LogP contribution in [0.25, 0.3) is 10.9 Å². The van der Waals surface area contributed by atoms with Crippen molar-refractivity contribution in [3.63, 3.8) is 0 Å². The first kappa shape index (κ1) is 26.0. The molecule has 2 fully saturated rings. The summed E-state index contributed by atoms with van der Waals surface area (Å²) in [6.45, 7) is 8.12. The number of benzene rings is 1. The molecule has 0 bridgehead atoms. The fraction of sp³-hybridized carbons (Fsp3) is 0.593. The van der Waals surface area contributed by atoms with Crippen LogP contribution in [0.2, 0.25) is 0 Å². The summed E-state index contributed by atoms with van der Waals surface area (Å²) in [7, 11) is 1.68. The first-order chi connectivity index (χ1) is 17.2. The van der Waals surface area contributed by atoms with Crippen molar-refractivity contribution in [2.45, 2.75) is 70.9 Å². The van der Waals surface area contributed by atoms with Crippen molar-refractivity contribution >= 4 is 22.9 Å². The van der Waals surface area contributed by atoms with E-state index < -0.39 is 17.8 Å². The molecule has 1 aromatic heterocycles. The van der Waals surface area contributed by atoms with E-state index in [0.717, 1.165) is 42.3 Å². The van der Waals surface area contributed by atoms with E-state index >= 15 is 0 Å². The Kier molecular flexibility index (Phi) is 7.86. The van der Waals surface area contributed by atoms with Gasteiger partial charge in [0.15, 0.2) is 6.10 Å². The minimum atomic E-state index is -0.725. The van der Waals surface area contributed by atoms with Crippen LogP contribution in [-0.4, -0.2) is 77.5 Å². The van der Waals surface area contributed by atoms with Crippen molar-refractivity contribution in [1.82, 2.24) is 14.4 Å². The van der Waals surface area contributed by atoms with Gasteiger partial charge in [-0.2, -0.15) is 5.26 Å². The van der Waals surface area contributed by atoms with Crippen LogP contribution in [0.4, 0.5) is 4.79 Å². The lowest BCUT2D eigenvalue weighted by atomic mass is 10.1. The number of hydrogen-bond donors (Lipinski definition) is 0. The number of fused-ring (bicyclic) bond motifs is 1. The van der Waals surface area contributed by atoms with Gasteiger partial charge in [-0.3, -0.25) is 4.79 Å². The Morgan fingerprint density at radius 1 is 1.28 bits per heavy atom. The Hall–Kier alpha value is -3.09. The first-order valence-corrected chi connectivity index (χ1v) is 12.6. The molecule has 0 unspecified atom stereocenters. The van der Waals surface area contributed by atoms with E-state index in [9.17, 15) is 14.9 Å². The van der Waals surface area contributed by atoms with Gasteiger partial charge in [-0.1, -0.05) is 12.1 Å². The number of hydrogen-bond acceptors (Lipinski definition) is 6. The molecule has 1 aliphatic carbocycles. The molecule has 1 saturated carbocycles. The minimum absolute atomic E-state index is 0.109. The molecule has 1 aliphatic heterocycles. The van der Waals surface area contributed by atoms with E-state index in [-0.39, 0.29) is 18.5 Å². The Bertz CT molecular complexity index is 1140. The molecule has 2 amide bonds. The van der Waals surface area contributed by atoms with Crippen molar-refractivity contribution in [2.75, 3.05) is 33.4 Å². The molecule has 36 heavy (non-hydrogen) atoms. The average molecular weight is 497 g/mol. The molecular formula is C27H36N4O5. The first-order valence-electron chi connectivity index (χ1n) is 12.6. The van der Waals surface area contributed by atoms with Crippen molar-refractivity contribution in [2.24, 2.45) is 0 Å². The van der Waals surface area contributed by atoms with Gasteiger partial charge in [0, 0.05) is 51.0 Å². The lowest BCUT2D eigenvalue weighted by Gasteiger charge is -2.35. The number of rotatable bonds is 8. The Morgan fingerprint density at radius 3 is 2.72 bits per heavy atom. The highest BCUT2D eigenvalue weighted by molar-refractivity contribution is 5.89. The Morgan fingerprint density at radius 2 is 2.06 bits per heavy atom. The van der Waals surface area contributed by atoms with Crippen molar-refractivity contribution in [3.05, 3.63) is 35.5 Å². The highest BCUT2D eigenvalue weighted by atomic mass is 16.6. The summed E-state index contributed by atoms with van der Waals surface area (Å²) < 4.78 is 18.6. The lowest BCUT2D eigenvalue weighted by Crippen LogP contribution is -2.53. The molecule has 2 aromatic rings. The molecule has 1 atom stereocenters.